The minimum Gasteiger partial charge on any atom is -0.393 e. The van der Waals surface area contributed by atoms with E-state index in [-0.39, 0.29) is 12.0 Å². The van der Waals surface area contributed by atoms with Gasteiger partial charge < -0.3 is 9.63 Å². The van der Waals surface area contributed by atoms with Gasteiger partial charge in [0.05, 0.1) is 12.6 Å². The molecule has 0 radical (unpaired) electrons. The first-order valence-electron chi connectivity index (χ1n) is 7.42. The highest BCUT2D eigenvalue weighted by molar-refractivity contribution is 5.58. The summed E-state index contributed by atoms with van der Waals surface area (Å²) in [7, 11) is 0. The van der Waals surface area contributed by atoms with Crippen molar-refractivity contribution in [2.45, 2.75) is 32.9 Å². The Morgan fingerprint density at radius 1 is 1.38 bits per heavy atom. The zero-order chi connectivity index (χ0) is 14.8. The Balaban J connectivity index is 1.70. The molecule has 1 aliphatic heterocycles. The van der Waals surface area contributed by atoms with Crippen molar-refractivity contribution < 1.29 is 9.63 Å². The van der Waals surface area contributed by atoms with E-state index >= 15 is 0 Å². The number of benzene rings is 1. The average Bonchev–Trinajstić information content (AvgIpc) is 2.92. The Labute approximate surface area is 124 Å². The Kier molecular flexibility index (Phi) is 4.03. The largest absolute Gasteiger partial charge is 0.393 e. The molecule has 0 aliphatic carbocycles. The zero-order valence-corrected chi connectivity index (χ0v) is 12.5. The summed E-state index contributed by atoms with van der Waals surface area (Å²) in [6, 6.07) is 8.02. The maximum atomic E-state index is 9.77. The van der Waals surface area contributed by atoms with Crippen molar-refractivity contribution >= 4 is 0 Å². The second-order valence-electron chi connectivity index (χ2n) is 5.90. The first-order valence-corrected chi connectivity index (χ1v) is 7.42. The summed E-state index contributed by atoms with van der Waals surface area (Å²) >= 11 is 0. The van der Waals surface area contributed by atoms with Crippen LogP contribution in [0, 0.1) is 12.8 Å². The molecule has 0 saturated carbocycles. The van der Waals surface area contributed by atoms with Gasteiger partial charge in [-0.1, -0.05) is 36.3 Å². The van der Waals surface area contributed by atoms with Gasteiger partial charge in [0.2, 0.25) is 11.7 Å². The summed E-state index contributed by atoms with van der Waals surface area (Å²) in [4.78, 5) is 6.75. The van der Waals surface area contributed by atoms with E-state index in [1.165, 1.54) is 0 Å². The van der Waals surface area contributed by atoms with E-state index in [0.29, 0.717) is 18.3 Å². The van der Waals surface area contributed by atoms with Crippen LogP contribution in [0.25, 0.3) is 11.4 Å². The van der Waals surface area contributed by atoms with Crippen LogP contribution in [0.3, 0.4) is 0 Å². The van der Waals surface area contributed by atoms with Gasteiger partial charge in [0.25, 0.3) is 0 Å². The molecule has 1 N–H and O–H groups in total. The fraction of sp³-hybridized carbons (Fsp3) is 0.500. The van der Waals surface area contributed by atoms with Crippen molar-refractivity contribution in [2.24, 2.45) is 5.92 Å². The van der Waals surface area contributed by atoms with E-state index in [4.69, 9.17) is 4.52 Å². The molecule has 1 fully saturated rings. The van der Waals surface area contributed by atoms with Gasteiger partial charge >= 0.3 is 0 Å². The average molecular weight is 287 g/mol. The summed E-state index contributed by atoms with van der Waals surface area (Å²) in [5.74, 6) is 1.57. The topological polar surface area (TPSA) is 62.4 Å². The minimum absolute atomic E-state index is 0.188. The van der Waals surface area contributed by atoms with Crippen molar-refractivity contribution in [2.75, 3.05) is 13.1 Å². The van der Waals surface area contributed by atoms with Crippen molar-refractivity contribution in [3.8, 4) is 11.4 Å². The molecular weight excluding hydrogens is 266 g/mol. The molecule has 1 aliphatic rings. The standard InChI is InChI=1S/C16H21N3O2/c1-11-5-3-4-6-13(11)16-17-15(21-18-16)10-19-8-7-14(20)12(2)9-19/h3-6,12,14,20H,7-10H2,1-2H3. The molecule has 2 atom stereocenters. The number of piperidine rings is 1. The number of hydrogen-bond donors (Lipinski definition) is 1. The lowest BCUT2D eigenvalue weighted by atomic mass is 9.97. The van der Waals surface area contributed by atoms with E-state index in [1.54, 1.807) is 0 Å². The van der Waals surface area contributed by atoms with Gasteiger partial charge in [-0.05, 0) is 24.8 Å². The van der Waals surface area contributed by atoms with Crippen LogP contribution in [0.2, 0.25) is 0 Å². The highest BCUT2D eigenvalue weighted by Crippen LogP contribution is 2.22. The predicted molar refractivity (Wildman–Crippen MR) is 79.5 cm³/mol. The molecule has 0 bridgehead atoms. The van der Waals surface area contributed by atoms with Gasteiger partial charge in [0, 0.05) is 18.7 Å². The molecule has 1 saturated heterocycles. The highest BCUT2D eigenvalue weighted by Gasteiger charge is 2.25. The van der Waals surface area contributed by atoms with E-state index in [0.717, 1.165) is 30.6 Å². The lowest BCUT2D eigenvalue weighted by Gasteiger charge is -2.33. The van der Waals surface area contributed by atoms with Crippen LogP contribution in [-0.2, 0) is 6.54 Å². The molecular formula is C16H21N3O2. The molecule has 2 aromatic rings. The Bertz CT molecular complexity index is 611. The number of rotatable bonds is 3. The summed E-state index contributed by atoms with van der Waals surface area (Å²) < 4.78 is 5.37. The van der Waals surface area contributed by atoms with Gasteiger partial charge in [-0.3, -0.25) is 4.90 Å². The summed E-state index contributed by atoms with van der Waals surface area (Å²) in [5, 5.41) is 13.9. The van der Waals surface area contributed by atoms with Crippen LogP contribution in [-0.4, -0.2) is 39.3 Å². The zero-order valence-electron chi connectivity index (χ0n) is 12.5. The summed E-state index contributed by atoms with van der Waals surface area (Å²) in [5.41, 5.74) is 2.15. The third-order valence-corrected chi connectivity index (χ3v) is 4.16. The third-order valence-electron chi connectivity index (χ3n) is 4.16. The molecule has 1 aromatic heterocycles. The number of nitrogens with zero attached hydrogens (tertiary/aromatic N) is 3. The Hall–Kier alpha value is -1.72. The lowest BCUT2D eigenvalue weighted by molar-refractivity contribution is 0.0282. The number of aliphatic hydroxyl groups excluding tert-OH is 1. The molecule has 3 rings (SSSR count). The number of aliphatic hydroxyl groups is 1. The highest BCUT2D eigenvalue weighted by atomic mass is 16.5. The van der Waals surface area contributed by atoms with Crippen LogP contribution in [0.4, 0.5) is 0 Å². The number of aryl methyl sites for hydroxylation is 1. The number of likely N-dealkylation sites (tertiary alicyclic amines) is 1. The molecule has 0 spiro atoms. The van der Waals surface area contributed by atoms with E-state index < -0.39 is 0 Å². The van der Waals surface area contributed by atoms with Gasteiger partial charge in [-0.15, -0.1) is 0 Å². The first kappa shape index (κ1) is 14.2. The molecule has 0 amide bonds. The first-order chi connectivity index (χ1) is 10.1. The van der Waals surface area contributed by atoms with Crippen molar-refractivity contribution in [1.82, 2.24) is 15.0 Å². The van der Waals surface area contributed by atoms with E-state index in [9.17, 15) is 5.11 Å². The van der Waals surface area contributed by atoms with Gasteiger partial charge in [0.1, 0.15) is 0 Å². The quantitative estimate of drug-likeness (QED) is 0.938. The van der Waals surface area contributed by atoms with Crippen molar-refractivity contribution in [1.29, 1.82) is 0 Å². The lowest BCUT2D eigenvalue weighted by Crippen LogP contribution is -2.41. The molecule has 1 aromatic carbocycles. The van der Waals surface area contributed by atoms with E-state index in [1.807, 2.05) is 31.2 Å². The SMILES string of the molecule is Cc1ccccc1-c1noc(CN2CCC(O)C(C)C2)n1. The smallest absolute Gasteiger partial charge is 0.241 e. The number of hydrogen-bond acceptors (Lipinski definition) is 5. The summed E-state index contributed by atoms with van der Waals surface area (Å²) in [6.07, 6.45) is 0.617. The fourth-order valence-corrected chi connectivity index (χ4v) is 2.81. The minimum atomic E-state index is -0.188. The number of aromatic nitrogens is 2. The second kappa shape index (κ2) is 5.95. The van der Waals surface area contributed by atoms with Crippen molar-refractivity contribution in [3.05, 3.63) is 35.7 Å². The maximum absolute atomic E-state index is 9.77. The van der Waals surface area contributed by atoms with Gasteiger partial charge in [-0.2, -0.15) is 4.98 Å². The van der Waals surface area contributed by atoms with Crippen LogP contribution in [0.1, 0.15) is 24.8 Å². The molecule has 5 heteroatoms. The second-order valence-corrected chi connectivity index (χ2v) is 5.90. The van der Waals surface area contributed by atoms with Crippen molar-refractivity contribution in [3.63, 3.8) is 0 Å². The molecule has 21 heavy (non-hydrogen) atoms. The Morgan fingerprint density at radius 3 is 2.95 bits per heavy atom. The molecule has 112 valence electrons. The van der Waals surface area contributed by atoms with Crippen LogP contribution >= 0.6 is 0 Å². The van der Waals surface area contributed by atoms with Gasteiger partial charge in [-0.25, -0.2) is 0 Å². The van der Waals surface area contributed by atoms with Crippen LogP contribution in [0.5, 0.6) is 0 Å². The molecule has 2 heterocycles. The third kappa shape index (κ3) is 3.14. The predicted octanol–water partition coefficient (Wildman–Crippen LogP) is 2.25. The summed E-state index contributed by atoms with van der Waals surface area (Å²) in [6.45, 7) is 6.50. The van der Waals surface area contributed by atoms with E-state index in [2.05, 4.69) is 22.0 Å². The fourth-order valence-electron chi connectivity index (χ4n) is 2.81. The molecule has 5 nitrogen and oxygen atoms in total. The van der Waals surface area contributed by atoms with Gasteiger partial charge in [0.15, 0.2) is 0 Å². The molecule has 2 unspecified atom stereocenters. The van der Waals surface area contributed by atoms with Crippen LogP contribution < -0.4 is 0 Å². The Morgan fingerprint density at radius 2 is 2.19 bits per heavy atom. The monoisotopic (exact) mass is 287 g/mol. The van der Waals surface area contributed by atoms with Crippen LogP contribution in [0.15, 0.2) is 28.8 Å². The maximum Gasteiger partial charge on any atom is 0.241 e. The normalized spacial score (nSPS) is 23.4.